The van der Waals surface area contributed by atoms with E-state index < -0.39 is 48.1 Å². The fourth-order valence-electron chi connectivity index (χ4n) is 4.66. The van der Waals surface area contributed by atoms with Crippen molar-refractivity contribution in [3.05, 3.63) is 30.3 Å². The molecule has 6 nitrogen and oxygen atoms in total. The fourth-order valence-corrected chi connectivity index (χ4v) is 10.9. The molecule has 11 heteroatoms. The van der Waals surface area contributed by atoms with Crippen LogP contribution in [0, 0.1) is 0 Å². The number of carbonyl (C=O) groups is 1. The Morgan fingerprint density at radius 2 is 1.67 bits per heavy atom. The summed E-state index contributed by atoms with van der Waals surface area (Å²) in [5, 5.41) is 13.6. The van der Waals surface area contributed by atoms with Crippen LogP contribution in [-0.4, -0.2) is 59.8 Å². The van der Waals surface area contributed by atoms with Crippen molar-refractivity contribution < 1.29 is 23.5 Å². The van der Waals surface area contributed by atoms with E-state index in [1.54, 1.807) is 0 Å². The first-order chi connectivity index (χ1) is 15.1. The van der Waals surface area contributed by atoms with Crippen LogP contribution in [0.15, 0.2) is 35.2 Å². The molecule has 5 atom stereocenters. The van der Waals surface area contributed by atoms with Crippen LogP contribution < -0.4 is 5.32 Å². The average molecular weight is 557 g/mol. The molecule has 2 saturated heterocycles. The van der Waals surface area contributed by atoms with E-state index in [1.165, 1.54) is 11.8 Å². The van der Waals surface area contributed by atoms with Gasteiger partial charge in [0.2, 0.25) is 0 Å². The summed E-state index contributed by atoms with van der Waals surface area (Å²) in [6, 6.07) is 8.68. The van der Waals surface area contributed by atoms with E-state index >= 15 is 0 Å². The summed E-state index contributed by atoms with van der Waals surface area (Å²) in [7, 11) is -2.88. The molecule has 0 saturated carbocycles. The van der Waals surface area contributed by atoms with Crippen LogP contribution in [0.1, 0.15) is 41.5 Å². The third-order valence-electron chi connectivity index (χ3n) is 5.95. The second-order valence-corrected chi connectivity index (χ2v) is 18.7. The molecule has 1 aromatic carbocycles. The topological polar surface area (TPSA) is 77.0 Å². The van der Waals surface area contributed by atoms with E-state index in [4.69, 9.17) is 48.4 Å². The Labute approximate surface area is 216 Å². The first-order valence-corrected chi connectivity index (χ1v) is 14.6. The first kappa shape index (κ1) is 27.6. The minimum Gasteiger partial charge on any atom is -0.391 e. The molecule has 33 heavy (non-hydrogen) atoms. The smallest absolute Gasteiger partial charge is 0.349 e. The van der Waals surface area contributed by atoms with Crippen molar-refractivity contribution in [2.24, 2.45) is 0 Å². The highest BCUT2D eigenvalue weighted by Crippen LogP contribution is 2.55. The maximum atomic E-state index is 12.5. The zero-order valence-corrected chi connectivity index (χ0v) is 23.7. The molecule has 0 aromatic heterocycles. The summed E-state index contributed by atoms with van der Waals surface area (Å²) in [5.74, 6) is -0.834. The number of amides is 1. The van der Waals surface area contributed by atoms with Gasteiger partial charge in [0.15, 0.2) is 0 Å². The Hall–Kier alpha value is -0.0331. The van der Waals surface area contributed by atoms with Crippen LogP contribution in [-0.2, 0) is 18.4 Å². The minimum atomic E-state index is -2.88. The lowest BCUT2D eigenvalue weighted by Gasteiger charge is -2.57. The van der Waals surface area contributed by atoms with Crippen LogP contribution in [0.25, 0.3) is 0 Å². The van der Waals surface area contributed by atoms with Crippen molar-refractivity contribution in [3.8, 4) is 0 Å². The van der Waals surface area contributed by atoms with Gasteiger partial charge in [-0.05, 0) is 12.1 Å². The van der Waals surface area contributed by atoms with E-state index in [2.05, 4.69) is 46.9 Å². The standard InChI is InChI=1S/C22H32Cl3NO5SSi/c1-20(2,3)33(21(4,5)6)29-12-14-17(31-33)16(27)15(26-19(28)22(23,24)25)18(30-14)32-13-10-8-7-9-11-13/h7-11,14-18,27H,12H2,1-6H3,(H,26,28)/t14-,15-,16-,17-,18+/m1/s1. The number of fused-ring (bicyclic) bond motifs is 1. The zero-order valence-electron chi connectivity index (χ0n) is 19.6. The van der Waals surface area contributed by atoms with Crippen molar-refractivity contribution in [2.45, 2.75) is 90.1 Å². The van der Waals surface area contributed by atoms with Gasteiger partial charge < -0.3 is 24.0 Å². The monoisotopic (exact) mass is 555 g/mol. The molecule has 0 bridgehead atoms. The quantitative estimate of drug-likeness (QED) is 0.395. The molecule has 3 rings (SSSR count). The van der Waals surface area contributed by atoms with Crippen molar-refractivity contribution in [3.63, 3.8) is 0 Å². The molecule has 2 aliphatic rings. The maximum Gasteiger partial charge on any atom is 0.349 e. The average Bonchev–Trinajstić information content (AvgIpc) is 2.69. The molecule has 2 heterocycles. The second-order valence-electron chi connectivity index (χ2n) is 10.5. The van der Waals surface area contributed by atoms with E-state index in [-0.39, 0.29) is 10.1 Å². The van der Waals surface area contributed by atoms with Crippen molar-refractivity contribution in [2.75, 3.05) is 6.61 Å². The molecule has 2 N–H and O–H groups in total. The number of nitrogens with one attached hydrogen (secondary N) is 1. The Bertz CT molecular complexity index is 829. The minimum absolute atomic E-state index is 0.276. The van der Waals surface area contributed by atoms with Gasteiger partial charge in [-0.15, -0.1) is 0 Å². The third kappa shape index (κ3) is 5.70. The second kappa shape index (κ2) is 9.79. The van der Waals surface area contributed by atoms with Crippen LogP contribution in [0.4, 0.5) is 0 Å². The summed E-state index contributed by atoms with van der Waals surface area (Å²) in [6.07, 6.45) is -2.30. The zero-order chi connectivity index (χ0) is 24.8. The predicted octanol–water partition coefficient (Wildman–Crippen LogP) is 5.18. The third-order valence-corrected chi connectivity index (χ3v) is 12.8. The number of hydrogen-bond donors (Lipinski definition) is 2. The molecule has 2 fully saturated rings. The molecule has 1 amide bonds. The van der Waals surface area contributed by atoms with Gasteiger partial charge in [0.25, 0.3) is 9.70 Å². The highest BCUT2D eigenvalue weighted by atomic mass is 35.6. The molecular formula is C22H32Cl3NO5SSi. The summed E-state index contributed by atoms with van der Waals surface area (Å²) in [5.41, 5.74) is -0.648. The van der Waals surface area contributed by atoms with Gasteiger partial charge >= 0.3 is 8.56 Å². The van der Waals surface area contributed by atoms with Crippen molar-refractivity contribution >= 4 is 61.0 Å². The van der Waals surface area contributed by atoms with Crippen LogP contribution in [0.3, 0.4) is 0 Å². The highest BCUT2D eigenvalue weighted by Gasteiger charge is 2.64. The Balaban J connectivity index is 1.94. The lowest BCUT2D eigenvalue weighted by Crippen LogP contribution is -2.72. The normalized spacial score (nSPS) is 30.4. The summed E-state index contributed by atoms with van der Waals surface area (Å²) in [6.45, 7) is 12.9. The van der Waals surface area contributed by atoms with Gasteiger partial charge in [0.1, 0.15) is 23.7 Å². The lowest BCUT2D eigenvalue weighted by molar-refractivity contribution is -0.195. The number of ether oxygens (including phenoxy) is 1. The SMILES string of the molecule is CC(C)(C)[Si]1(C(C)(C)C)OC[C@H]2O[C@@H](Sc3ccccc3)[C@H](NC(=O)C(Cl)(Cl)Cl)[C@@H](O)[C@@H]2O1. The molecule has 0 spiro atoms. The number of benzene rings is 1. The number of carbonyl (C=O) groups excluding carboxylic acids is 1. The molecule has 0 radical (unpaired) electrons. The lowest BCUT2D eigenvalue weighted by atomic mass is 9.98. The summed E-state index contributed by atoms with van der Waals surface area (Å²) < 4.78 is 17.4. The van der Waals surface area contributed by atoms with E-state index in [0.29, 0.717) is 6.61 Å². The Morgan fingerprint density at radius 1 is 1.09 bits per heavy atom. The van der Waals surface area contributed by atoms with Gasteiger partial charge in [-0.2, -0.15) is 0 Å². The van der Waals surface area contributed by atoms with Crippen LogP contribution >= 0.6 is 46.6 Å². The summed E-state index contributed by atoms with van der Waals surface area (Å²) in [4.78, 5) is 13.5. The molecule has 186 valence electrons. The predicted molar refractivity (Wildman–Crippen MR) is 135 cm³/mol. The van der Waals surface area contributed by atoms with Crippen LogP contribution in [0.5, 0.6) is 0 Å². The first-order valence-electron chi connectivity index (χ1n) is 10.8. The number of hydrogen-bond acceptors (Lipinski definition) is 6. The van der Waals surface area contributed by atoms with Crippen LogP contribution in [0.2, 0.25) is 10.1 Å². The molecule has 1 aromatic rings. The van der Waals surface area contributed by atoms with E-state index in [9.17, 15) is 9.90 Å². The van der Waals surface area contributed by atoms with E-state index in [0.717, 1.165) is 4.90 Å². The van der Waals surface area contributed by atoms with Gasteiger partial charge in [-0.1, -0.05) is 106 Å². The summed E-state index contributed by atoms with van der Waals surface area (Å²) >= 11 is 18.8. The number of aliphatic hydroxyl groups excluding tert-OH is 1. The molecule has 2 aliphatic heterocycles. The van der Waals surface area contributed by atoms with Gasteiger partial charge in [0, 0.05) is 15.0 Å². The number of rotatable bonds is 3. The molecular weight excluding hydrogens is 525 g/mol. The number of alkyl halides is 3. The van der Waals surface area contributed by atoms with Gasteiger partial charge in [-0.3, -0.25) is 4.79 Å². The maximum absolute atomic E-state index is 12.5. The largest absolute Gasteiger partial charge is 0.391 e. The molecule has 0 unspecified atom stereocenters. The molecule has 0 aliphatic carbocycles. The number of halogens is 3. The fraction of sp³-hybridized carbons (Fsp3) is 0.682. The highest BCUT2D eigenvalue weighted by molar-refractivity contribution is 7.99. The van der Waals surface area contributed by atoms with E-state index in [1.807, 2.05) is 30.3 Å². The van der Waals surface area contributed by atoms with Gasteiger partial charge in [0.05, 0.1) is 12.6 Å². The Kier molecular flexibility index (Phi) is 8.17. The number of thioether (sulfide) groups is 1. The number of aliphatic hydroxyl groups is 1. The van der Waals surface area contributed by atoms with Gasteiger partial charge in [-0.25, -0.2) is 0 Å². The van der Waals surface area contributed by atoms with Crippen molar-refractivity contribution in [1.29, 1.82) is 0 Å². The van der Waals surface area contributed by atoms with Crippen molar-refractivity contribution in [1.82, 2.24) is 5.32 Å². The Morgan fingerprint density at radius 3 is 2.18 bits per heavy atom.